The molecule has 17 heavy (non-hydrogen) atoms. The maximum Gasteiger partial charge on any atom is 0.333 e. The van der Waals surface area contributed by atoms with E-state index in [4.69, 9.17) is 14.6 Å². The molecule has 0 spiro atoms. The first kappa shape index (κ1) is 13.3. The molecule has 92 valence electrons. The highest BCUT2D eigenvalue weighted by atomic mass is 16.7. The number of ether oxygens (including phenoxy) is 2. The lowest BCUT2D eigenvalue weighted by Gasteiger charge is -2.20. The van der Waals surface area contributed by atoms with Gasteiger partial charge in [0.1, 0.15) is 5.75 Å². The van der Waals surface area contributed by atoms with Crippen LogP contribution in [0.2, 0.25) is 0 Å². The minimum atomic E-state index is -1.07. The average molecular weight is 236 g/mol. The predicted molar refractivity (Wildman–Crippen MR) is 63.9 cm³/mol. The van der Waals surface area contributed by atoms with Crippen LogP contribution >= 0.6 is 0 Å². The third kappa shape index (κ3) is 4.28. The van der Waals surface area contributed by atoms with Gasteiger partial charge in [0, 0.05) is 0 Å². The second-order valence-corrected chi connectivity index (χ2v) is 3.61. The zero-order chi connectivity index (χ0) is 12.8. The lowest BCUT2D eigenvalue weighted by atomic mass is 10.2. The summed E-state index contributed by atoms with van der Waals surface area (Å²) < 4.78 is 10.8. The molecule has 1 aromatic rings. The molecule has 4 heteroatoms. The van der Waals surface area contributed by atoms with Gasteiger partial charge in [0.15, 0.2) is 6.29 Å². The molecule has 2 atom stereocenters. The van der Waals surface area contributed by atoms with E-state index in [0.717, 1.165) is 0 Å². The number of carbonyl (C=O) groups is 1. The molecule has 0 aliphatic heterocycles. The summed E-state index contributed by atoms with van der Waals surface area (Å²) in [5, 5.41) is 8.73. The first-order valence-corrected chi connectivity index (χ1v) is 5.30. The second kappa shape index (κ2) is 6.06. The summed E-state index contributed by atoms with van der Waals surface area (Å²) in [5.74, 6) is -0.391. The number of para-hydroxylation sites is 1. The topological polar surface area (TPSA) is 55.8 Å². The number of aliphatic carboxylic acids is 1. The molecule has 0 bridgehead atoms. The molecular weight excluding hydrogens is 220 g/mol. The Hall–Kier alpha value is -1.81. The van der Waals surface area contributed by atoms with Crippen LogP contribution in [0.15, 0.2) is 42.5 Å². The first-order chi connectivity index (χ1) is 8.00. The minimum absolute atomic E-state index is 0.00788. The molecule has 0 heterocycles. The van der Waals surface area contributed by atoms with Crippen molar-refractivity contribution in [1.29, 1.82) is 0 Å². The molecule has 2 unspecified atom stereocenters. The Labute approximate surface area is 100 Å². The van der Waals surface area contributed by atoms with Crippen LogP contribution in [0, 0.1) is 0 Å². The number of benzene rings is 1. The molecule has 0 aliphatic carbocycles. The number of hydrogen-bond acceptors (Lipinski definition) is 3. The smallest absolute Gasteiger partial charge is 0.333 e. The van der Waals surface area contributed by atoms with Crippen molar-refractivity contribution in [2.75, 3.05) is 0 Å². The Morgan fingerprint density at radius 2 is 1.88 bits per heavy atom. The summed E-state index contributed by atoms with van der Waals surface area (Å²) in [6.07, 6.45) is -1.13. The van der Waals surface area contributed by atoms with Gasteiger partial charge >= 0.3 is 5.97 Å². The van der Waals surface area contributed by atoms with E-state index in [1.54, 1.807) is 26.0 Å². The summed E-state index contributed by atoms with van der Waals surface area (Å²) in [6, 6.07) is 9.18. The van der Waals surface area contributed by atoms with Crippen LogP contribution in [0.25, 0.3) is 0 Å². The number of carboxylic acid groups (broad SMARTS) is 1. The van der Waals surface area contributed by atoms with Crippen molar-refractivity contribution in [3.05, 3.63) is 42.5 Å². The van der Waals surface area contributed by atoms with Crippen LogP contribution in [0.5, 0.6) is 5.75 Å². The zero-order valence-corrected chi connectivity index (χ0v) is 9.92. The van der Waals surface area contributed by atoms with Gasteiger partial charge in [-0.15, -0.1) is 0 Å². The van der Waals surface area contributed by atoms with Crippen LogP contribution in [0.4, 0.5) is 0 Å². The van der Waals surface area contributed by atoms with Gasteiger partial charge in [-0.1, -0.05) is 24.8 Å². The van der Waals surface area contributed by atoms with Crippen LogP contribution in [0.1, 0.15) is 13.8 Å². The molecule has 0 radical (unpaired) electrons. The summed E-state index contributed by atoms with van der Waals surface area (Å²) in [5.41, 5.74) is 0.00788. The SMILES string of the molecule is C=C(C(=O)O)C(C)OC(C)Oc1ccccc1. The molecule has 0 saturated heterocycles. The monoisotopic (exact) mass is 236 g/mol. The van der Waals surface area contributed by atoms with Gasteiger partial charge in [0.05, 0.1) is 11.7 Å². The van der Waals surface area contributed by atoms with Gasteiger partial charge in [-0.3, -0.25) is 0 Å². The van der Waals surface area contributed by atoms with E-state index < -0.39 is 18.4 Å². The third-order valence-electron chi connectivity index (χ3n) is 2.21. The molecule has 1 rings (SSSR count). The lowest BCUT2D eigenvalue weighted by molar-refractivity contribution is -0.137. The van der Waals surface area contributed by atoms with Crippen molar-refractivity contribution in [1.82, 2.24) is 0 Å². The zero-order valence-electron chi connectivity index (χ0n) is 9.92. The van der Waals surface area contributed by atoms with E-state index in [-0.39, 0.29) is 5.57 Å². The third-order valence-corrected chi connectivity index (χ3v) is 2.21. The highest BCUT2D eigenvalue weighted by Gasteiger charge is 2.17. The van der Waals surface area contributed by atoms with Crippen molar-refractivity contribution in [3.8, 4) is 5.75 Å². The maximum atomic E-state index is 10.7. The highest BCUT2D eigenvalue weighted by Crippen LogP contribution is 2.14. The molecule has 1 aromatic carbocycles. The van der Waals surface area contributed by atoms with Crippen LogP contribution in [-0.2, 0) is 9.53 Å². The molecule has 0 fully saturated rings. The highest BCUT2D eigenvalue weighted by molar-refractivity contribution is 5.86. The van der Waals surface area contributed by atoms with Gasteiger partial charge in [0.2, 0.25) is 0 Å². The van der Waals surface area contributed by atoms with Crippen molar-refractivity contribution >= 4 is 5.97 Å². The average Bonchev–Trinajstić information content (AvgIpc) is 2.28. The van der Waals surface area contributed by atoms with E-state index >= 15 is 0 Å². The molecule has 0 aliphatic rings. The van der Waals surface area contributed by atoms with Gasteiger partial charge in [-0.25, -0.2) is 4.79 Å². The molecule has 1 N–H and O–H groups in total. The summed E-state index contributed by atoms with van der Waals surface area (Å²) in [7, 11) is 0. The quantitative estimate of drug-likeness (QED) is 0.609. The fraction of sp³-hybridized carbons (Fsp3) is 0.308. The van der Waals surface area contributed by atoms with Gasteiger partial charge in [0.25, 0.3) is 0 Å². The van der Waals surface area contributed by atoms with Gasteiger partial charge < -0.3 is 14.6 Å². The Morgan fingerprint density at radius 3 is 2.41 bits per heavy atom. The summed E-state index contributed by atoms with van der Waals surface area (Å²) in [6.45, 7) is 6.77. The molecular formula is C13H16O4. The summed E-state index contributed by atoms with van der Waals surface area (Å²) >= 11 is 0. The van der Waals surface area contributed by atoms with E-state index in [0.29, 0.717) is 5.75 Å². The fourth-order valence-corrected chi connectivity index (χ4v) is 1.26. The van der Waals surface area contributed by atoms with E-state index in [2.05, 4.69) is 6.58 Å². The molecule has 0 aromatic heterocycles. The van der Waals surface area contributed by atoms with Crippen LogP contribution in [-0.4, -0.2) is 23.5 Å². The normalized spacial score (nSPS) is 13.8. The maximum absolute atomic E-state index is 10.7. The van der Waals surface area contributed by atoms with Crippen molar-refractivity contribution in [2.24, 2.45) is 0 Å². The molecule has 0 amide bonds. The number of carboxylic acids is 1. The fourth-order valence-electron chi connectivity index (χ4n) is 1.26. The second-order valence-electron chi connectivity index (χ2n) is 3.61. The van der Waals surface area contributed by atoms with Crippen LogP contribution in [0.3, 0.4) is 0 Å². The Kier molecular flexibility index (Phi) is 4.72. The minimum Gasteiger partial charge on any atom is -0.478 e. The lowest BCUT2D eigenvalue weighted by Crippen LogP contribution is -2.26. The van der Waals surface area contributed by atoms with Crippen molar-refractivity contribution < 1.29 is 19.4 Å². The van der Waals surface area contributed by atoms with E-state index in [1.165, 1.54) is 0 Å². The molecule has 4 nitrogen and oxygen atoms in total. The Balaban J connectivity index is 2.47. The Morgan fingerprint density at radius 1 is 1.29 bits per heavy atom. The molecule has 0 saturated carbocycles. The van der Waals surface area contributed by atoms with E-state index in [9.17, 15) is 4.79 Å². The predicted octanol–water partition coefficient (Wildman–Crippen LogP) is 2.46. The van der Waals surface area contributed by atoms with Gasteiger partial charge in [-0.2, -0.15) is 0 Å². The van der Waals surface area contributed by atoms with Crippen molar-refractivity contribution in [3.63, 3.8) is 0 Å². The van der Waals surface area contributed by atoms with Crippen LogP contribution < -0.4 is 4.74 Å². The van der Waals surface area contributed by atoms with Gasteiger partial charge in [-0.05, 0) is 26.0 Å². The number of hydrogen-bond donors (Lipinski definition) is 1. The Bertz CT molecular complexity index is 386. The largest absolute Gasteiger partial charge is 0.478 e. The van der Waals surface area contributed by atoms with E-state index in [1.807, 2.05) is 18.2 Å². The first-order valence-electron chi connectivity index (χ1n) is 5.30. The standard InChI is InChI=1S/C13H16O4/c1-9(13(14)15)10(2)16-11(3)17-12-7-5-4-6-8-12/h4-8,10-11H,1H2,2-3H3,(H,14,15). The van der Waals surface area contributed by atoms with Crippen molar-refractivity contribution in [2.45, 2.75) is 26.2 Å². The summed E-state index contributed by atoms with van der Waals surface area (Å²) in [4.78, 5) is 10.7. The number of rotatable bonds is 6.